The minimum atomic E-state index is -0.272. The summed E-state index contributed by atoms with van der Waals surface area (Å²) < 4.78 is 13.1. The molecule has 1 aromatic rings. The first-order valence-corrected chi connectivity index (χ1v) is 5.69. The Bertz CT molecular complexity index is 379. The SMILES string of the molecule is Cc1cc(F)cc(CC(=O)NC2CCC2)c1. The van der Waals surface area contributed by atoms with E-state index in [-0.39, 0.29) is 18.1 Å². The van der Waals surface area contributed by atoms with Crippen molar-refractivity contribution in [1.29, 1.82) is 0 Å². The lowest BCUT2D eigenvalue weighted by Gasteiger charge is -2.26. The Morgan fingerprint density at radius 2 is 2.19 bits per heavy atom. The van der Waals surface area contributed by atoms with Gasteiger partial charge in [-0.3, -0.25) is 4.79 Å². The molecule has 0 atom stereocenters. The van der Waals surface area contributed by atoms with Gasteiger partial charge in [0.2, 0.25) is 5.91 Å². The van der Waals surface area contributed by atoms with Gasteiger partial charge in [0.15, 0.2) is 0 Å². The first kappa shape index (κ1) is 11.1. The van der Waals surface area contributed by atoms with Crippen LogP contribution in [0.4, 0.5) is 4.39 Å². The van der Waals surface area contributed by atoms with Crippen LogP contribution in [0.1, 0.15) is 30.4 Å². The number of rotatable bonds is 3. The Morgan fingerprint density at radius 1 is 1.44 bits per heavy atom. The first-order chi connectivity index (χ1) is 7.63. The van der Waals surface area contributed by atoms with Crippen LogP contribution in [-0.2, 0) is 11.2 Å². The molecule has 3 heteroatoms. The van der Waals surface area contributed by atoms with E-state index >= 15 is 0 Å². The second-order valence-electron chi connectivity index (χ2n) is 4.51. The van der Waals surface area contributed by atoms with Crippen molar-refractivity contribution in [3.63, 3.8) is 0 Å². The van der Waals surface area contributed by atoms with Crippen LogP contribution in [0.3, 0.4) is 0 Å². The fourth-order valence-electron chi connectivity index (χ4n) is 1.93. The zero-order valence-electron chi connectivity index (χ0n) is 9.42. The first-order valence-electron chi connectivity index (χ1n) is 5.69. The molecule has 1 fully saturated rings. The summed E-state index contributed by atoms with van der Waals surface area (Å²) in [6, 6.07) is 5.09. The molecule has 86 valence electrons. The summed E-state index contributed by atoms with van der Waals surface area (Å²) in [5, 5.41) is 2.94. The fourth-order valence-corrected chi connectivity index (χ4v) is 1.93. The Balaban J connectivity index is 1.94. The summed E-state index contributed by atoms with van der Waals surface area (Å²) >= 11 is 0. The number of nitrogens with one attached hydrogen (secondary N) is 1. The second-order valence-corrected chi connectivity index (χ2v) is 4.51. The van der Waals surface area contributed by atoms with E-state index in [0.29, 0.717) is 6.04 Å². The van der Waals surface area contributed by atoms with E-state index in [1.807, 2.05) is 13.0 Å². The highest BCUT2D eigenvalue weighted by Gasteiger charge is 2.19. The number of carbonyl (C=O) groups is 1. The molecule has 1 amide bonds. The maximum absolute atomic E-state index is 13.1. The Labute approximate surface area is 94.9 Å². The van der Waals surface area contributed by atoms with Gasteiger partial charge in [0, 0.05) is 6.04 Å². The van der Waals surface area contributed by atoms with Gasteiger partial charge in [0.05, 0.1) is 6.42 Å². The number of aryl methyl sites for hydroxylation is 1. The fraction of sp³-hybridized carbons (Fsp3) is 0.462. The van der Waals surface area contributed by atoms with Gasteiger partial charge in [-0.05, 0) is 49.4 Å². The molecule has 1 aliphatic carbocycles. The van der Waals surface area contributed by atoms with Crippen molar-refractivity contribution in [1.82, 2.24) is 5.32 Å². The van der Waals surface area contributed by atoms with E-state index in [1.165, 1.54) is 18.6 Å². The molecular weight excluding hydrogens is 205 g/mol. The topological polar surface area (TPSA) is 29.1 Å². The van der Waals surface area contributed by atoms with Crippen LogP contribution in [0.25, 0.3) is 0 Å². The van der Waals surface area contributed by atoms with Crippen LogP contribution in [-0.4, -0.2) is 11.9 Å². The van der Waals surface area contributed by atoms with Gasteiger partial charge in [0.25, 0.3) is 0 Å². The Morgan fingerprint density at radius 3 is 2.75 bits per heavy atom. The minimum absolute atomic E-state index is 0.00491. The van der Waals surface area contributed by atoms with Crippen molar-refractivity contribution in [3.8, 4) is 0 Å². The number of carbonyl (C=O) groups excluding carboxylic acids is 1. The van der Waals surface area contributed by atoms with E-state index in [9.17, 15) is 9.18 Å². The zero-order valence-corrected chi connectivity index (χ0v) is 9.42. The molecule has 0 radical (unpaired) electrons. The van der Waals surface area contributed by atoms with E-state index in [1.54, 1.807) is 0 Å². The quantitative estimate of drug-likeness (QED) is 0.834. The molecule has 0 saturated heterocycles. The van der Waals surface area contributed by atoms with Crippen molar-refractivity contribution in [2.75, 3.05) is 0 Å². The van der Waals surface area contributed by atoms with Crippen LogP contribution in [0, 0.1) is 12.7 Å². The average Bonchev–Trinajstić information content (AvgIpc) is 2.09. The molecule has 1 N–H and O–H groups in total. The molecule has 0 aliphatic heterocycles. The highest BCUT2D eigenvalue weighted by molar-refractivity contribution is 5.79. The predicted molar refractivity (Wildman–Crippen MR) is 60.6 cm³/mol. The summed E-state index contributed by atoms with van der Waals surface area (Å²) in [4.78, 5) is 11.6. The maximum atomic E-state index is 13.1. The molecular formula is C13H16FNO. The molecule has 2 rings (SSSR count). The predicted octanol–water partition coefficient (Wildman–Crippen LogP) is 2.35. The van der Waals surface area contributed by atoms with Crippen LogP contribution < -0.4 is 5.32 Å². The summed E-state index contributed by atoms with van der Waals surface area (Å²) in [5.74, 6) is -0.277. The summed E-state index contributed by atoms with van der Waals surface area (Å²) in [7, 11) is 0. The molecule has 2 nitrogen and oxygen atoms in total. The van der Waals surface area contributed by atoms with Crippen LogP contribution in [0.2, 0.25) is 0 Å². The third-order valence-corrected chi connectivity index (χ3v) is 2.94. The third-order valence-electron chi connectivity index (χ3n) is 2.94. The molecule has 0 aromatic heterocycles. The van der Waals surface area contributed by atoms with Gasteiger partial charge in [-0.25, -0.2) is 4.39 Å². The smallest absolute Gasteiger partial charge is 0.224 e. The lowest BCUT2D eigenvalue weighted by molar-refractivity contribution is -0.121. The van der Waals surface area contributed by atoms with E-state index in [0.717, 1.165) is 24.0 Å². The van der Waals surface area contributed by atoms with Crippen LogP contribution in [0.5, 0.6) is 0 Å². The van der Waals surface area contributed by atoms with Gasteiger partial charge in [0.1, 0.15) is 5.82 Å². The molecule has 1 aliphatic rings. The van der Waals surface area contributed by atoms with Crippen molar-refractivity contribution in [2.24, 2.45) is 0 Å². The van der Waals surface area contributed by atoms with E-state index in [4.69, 9.17) is 0 Å². The number of halogens is 1. The van der Waals surface area contributed by atoms with E-state index in [2.05, 4.69) is 5.32 Å². The maximum Gasteiger partial charge on any atom is 0.224 e. The Kier molecular flexibility index (Phi) is 3.22. The average molecular weight is 221 g/mol. The molecule has 0 unspecified atom stereocenters. The third kappa shape index (κ3) is 2.81. The Hall–Kier alpha value is -1.38. The zero-order chi connectivity index (χ0) is 11.5. The molecule has 16 heavy (non-hydrogen) atoms. The number of benzene rings is 1. The van der Waals surface area contributed by atoms with Crippen molar-refractivity contribution in [2.45, 2.75) is 38.6 Å². The lowest BCUT2D eigenvalue weighted by atomic mass is 9.93. The second kappa shape index (κ2) is 4.64. The molecule has 0 heterocycles. The van der Waals surface area contributed by atoms with Gasteiger partial charge >= 0.3 is 0 Å². The minimum Gasteiger partial charge on any atom is -0.353 e. The highest BCUT2D eigenvalue weighted by Crippen LogP contribution is 2.18. The number of hydrogen-bond donors (Lipinski definition) is 1. The summed E-state index contributed by atoms with van der Waals surface area (Å²) in [6.07, 6.45) is 3.63. The largest absolute Gasteiger partial charge is 0.353 e. The lowest BCUT2D eigenvalue weighted by Crippen LogP contribution is -2.40. The molecule has 0 spiro atoms. The van der Waals surface area contributed by atoms with Crippen molar-refractivity contribution < 1.29 is 9.18 Å². The van der Waals surface area contributed by atoms with Crippen molar-refractivity contribution >= 4 is 5.91 Å². The standard InChI is InChI=1S/C13H16FNO/c1-9-5-10(7-11(14)6-9)8-13(16)15-12-3-2-4-12/h5-7,12H,2-4,8H2,1H3,(H,15,16). The monoisotopic (exact) mass is 221 g/mol. The van der Waals surface area contributed by atoms with Crippen LogP contribution in [0.15, 0.2) is 18.2 Å². The number of hydrogen-bond acceptors (Lipinski definition) is 1. The van der Waals surface area contributed by atoms with Gasteiger partial charge in [-0.1, -0.05) is 6.07 Å². The van der Waals surface area contributed by atoms with Gasteiger partial charge in [-0.15, -0.1) is 0 Å². The van der Waals surface area contributed by atoms with Crippen molar-refractivity contribution in [3.05, 3.63) is 35.1 Å². The summed E-state index contributed by atoms with van der Waals surface area (Å²) in [5.41, 5.74) is 1.60. The molecule has 1 saturated carbocycles. The van der Waals surface area contributed by atoms with Gasteiger partial charge in [-0.2, -0.15) is 0 Å². The normalized spacial score (nSPS) is 15.6. The summed E-state index contributed by atoms with van der Waals surface area (Å²) in [6.45, 7) is 1.83. The highest BCUT2D eigenvalue weighted by atomic mass is 19.1. The van der Waals surface area contributed by atoms with Crippen LogP contribution >= 0.6 is 0 Å². The molecule has 1 aromatic carbocycles. The number of amides is 1. The van der Waals surface area contributed by atoms with E-state index < -0.39 is 0 Å². The van der Waals surface area contributed by atoms with Gasteiger partial charge < -0.3 is 5.32 Å². The molecule has 0 bridgehead atoms.